The molecule has 1 heterocycles. The molecule has 0 saturated heterocycles. The Morgan fingerprint density at radius 1 is 1.47 bits per heavy atom. The fourth-order valence-electron chi connectivity index (χ4n) is 1.39. The molecule has 0 spiro atoms. The molecule has 0 aliphatic heterocycles. The maximum absolute atomic E-state index is 13.5. The minimum atomic E-state index is -0.577. The van der Waals surface area contributed by atoms with Crippen LogP contribution in [0, 0.1) is 5.82 Å². The number of hydrogen-bond acceptors (Lipinski definition) is 2. The molecule has 0 atom stereocenters. The molecule has 15 heavy (non-hydrogen) atoms. The monoisotopic (exact) mass is 285 g/mol. The predicted molar refractivity (Wildman–Crippen MR) is 58.0 cm³/mol. The Morgan fingerprint density at radius 3 is 2.87 bits per heavy atom. The molecule has 1 N–H and O–H groups in total. The summed E-state index contributed by atoms with van der Waals surface area (Å²) in [7, 11) is 0. The van der Waals surface area contributed by atoms with E-state index in [9.17, 15) is 4.39 Å². The van der Waals surface area contributed by atoms with Gasteiger partial charge in [-0.05, 0) is 0 Å². The first-order valence-corrected chi connectivity index (χ1v) is 5.51. The molecule has 5 heteroatoms. The van der Waals surface area contributed by atoms with Crippen molar-refractivity contribution in [3.05, 3.63) is 34.7 Å². The number of aliphatic hydroxyl groups is 1. The number of halogens is 2. The average molecular weight is 286 g/mol. The number of aliphatic hydroxyl groups excluding tert-OH is 1. The van der Waals surface area contributed by atoms with Gasteiger partial charge in [0.2, 0.25) is 0 Å². The molecule has 1 aromatic carbocycles. The molecule has 0 fully saturated rings. The summed E-state index contributed by atoms with van der Waals surface area (Å²) >= 11 is 8.13. The molecule has 0 aliphatic carbocycles. The predicted octanol–water partition coefficient (Wildman–Crippen LogP) is 1.31. The van der Waals surface area contributed by atoms with Gasteiger partial charge in [0.05, 0.1) is 0 Å². The van der Waals surface area contributed by atoms with Crippen molar-refractivity contribution in [3.63, 3.8) is 0 Å². The third-order valence-electron chi connectivity index (χ3n) is 2.13. The summed E-state index contributed by atoms with van der Waals surface area (Å²) in [5.74, 6) is -0.577. The quantitative estimate of drug-likeness (QED) is 0.802. The van der Waals surface area contributed by atoms with E-state index < -0.39 is 5.82 Å². The van der Waals surface area contributed by atoms with Crippen molar-refractivity contribution in [2.75, 3.05) is 0 Å². The fraction of sp³-hybridized carbons (Fsp3) is 0.100. The molecule has 0 bridgehead atoms. The van der Waals surface area contributed by atoms with Crippen molar-refractivity contribution in [2.24, 2.45) is 0 Å². The fourth-order valence-corrected chi connectivity index (χ4v) is 2.08. The first-order chi connectivity index (χ1) is 7.13. The van der Waals surface area contributed by atoms with E-state index in [1.165, 1.54) is 6.20 Å². The summed E-state index contributed by atoms with van der Waals surface area (Å²) in [5.41, 5.74) is 0.200. The minimum absolute atomic E-state index is 0.0107. The van der Waals surface area contributed by atoms with Crippen LogP contribution in [0.15, 0.2) is 18.3 Å². The Hall–Kier alpha value is -0.632. The maximum atomic E-state index is 13.5. The van der Waals surface area contributed by atoms with Crippen LogP contribution in [0.2, 0.25) is 5.02 Å². The van der Waals surface area contributed by atoms with Crippen LogP contribution < -0.4 is 4.48 Å². The Kier molecular flexibility index (Phi) is 2.96. The number of nitrogens with zero attached hydrogens (tertiary/aromatic N) is 1. The van der Waals surface area contributed by atoms with Crippen LogP contribution in [0.3, 0.4) is 0 Å². The van der Waals surface area contributed by atoms with E-state index in [2.05, 4.69) is 21.8 Å². The summed E-state index contributed by atoms with van der Waals surface area (Å²) in [6.45, 7) is -0.363. The van der Waals surface area contributed by atoms with Gasteiger partial charge in [0.1, 0.15) is 0 Å². The summed E-state index contributed by atoms with van der Waals surface area (Å²) in [4.78, 5) is 4.02. The molecular formula is C10H6AsClFNO. The van der Waals surface area contributed by atoms with Gasteiger partial charge in [-0.1, -0.05) is 0 Å². The summed E-state index contributed by atoms with van der Waals surface area (Å²) < 4.78 is 14.3. The Morgan fingerprint density at radius 2 is 2.20 bits per heavy atom. The van der Waals surface area contributed by atoms with E-state index in [1.807, 2.05) is 0 Å². The van der Waals surface area contributed by atoms with Crippen LogP contribution in [0.1, 0.15) is 5.56 Å². The van der Waals surface area contributed by atoms with Gasteiger partial charge < -0.3 is 0 Å². The molecule has 2 nitrogen and oxygen atoms in total. The standard InChI is InChI=1S/C10H6AsClFNO/c11-8-2-5-1-6(4-15)10(13)9(12)7(5)3-14-8/h1-3,15H,4H2. The van der Waals surface area contributed by atoms with Crippen molar-refractivity contribution < 1.29 is 9.50 Å². The Labute approximate surface area is 99.6 Å². The van der Waals surface area contributed by atoms with Gasteiger partial charge in [-0.2, -0.15) is 0 Å². The second-order valence-corrected chi connectivity index (χ2v) is 4.42. The SMILES string of the molecule is OCc1cc2cc([As])ncc2c(Cl)c1F. The van der Waals surface area contributed by atoms with Crippen molar-refractivity contribution in [3.8, 4) is 0 Å². The van der Waals surface area contributed by atoms with Gasteiger partial charge in [-0.3, -0.25) is 0 Å². The van der Waals surface area contributed by atoms with Crippen LogP contribution >= 0.6 is 11.6 Å². The molecule has 76 valence electrons. The topological polar surface area (TPSA) is 33.1 Å². The van der Waals surface area contributed by atoms with E-state index in [0.717, 1.165) is 9.87 Å². The molecule has 0 unspecified atom stereocenters. The van der Waals surface area contributed by atoms with Gasteiger partial charge in [0, 0.05) is 0 Å². The zero-order chi connectivity index (χ0) is 11.0. The second kappa shape index (κ2) is 4.09. The zero-order valence-corrected chi connectivity index (χ0v) is 10.2. The van der Waals surface area contributed by atoms with Crippen LogP contribution in [-0.4, -0.2) is 26.9 Å². The van der Waals surface area contributed by atoms with Gasteiger partial charge >= 0.3 is 99.5 Å². The van der Waals surface area contributed by atoms with Gasteiger partial charge in [0.15, 0.2) is 0 Å². The number of rotatable bonds is 1. The molecule has 2 aromatic rings. The van der Waals surface area contributed by atoms with E-state index in [0.29, 0.717) is 5.39 Å². The Bertz CT molecular complexity index is 532. The number of hydrogen-bond donors (Lipinski definition) is 1. The number of benzene rings is 1. The van der Waals surface area contributed by atoms with Gasteiger partial charge in [0.25, 0.3) is 0 Å². The molecule has 2 rings (SSSR count). The summed E-state index contributed by atoms with van der Waals surface area (Å²) in [6.07, 6.45) is 1.52. The van der Waals surface area contributed by atoms with E-state index >= 15 is 0 Å². The summed E-state index contributed by atoms with van der Waals surface area (Å²) in [5, 5.41) is 10.3. The first-order valence-electron chi connectivity index (χ1n) is 4.20. The second-order valence-electron chi connectivity index (χ2n) is 3.09. The number of pyridine rings is 1. The van der Waals surface area contributed by atoms with Crippen LogP contribution in [0.25, 0.3) is 10.8 Å². The third-order valence-corrected chi connectivity index (χ3v) is 3.02. The molecule has 1 aromatic heterocycles. The molecular weight excluding hydrogens is 279 g/mol. The summed E-state index contributed by atoms with van der Waals surface area (Å²) in [6, 6.07) is 3.36. The van der Waals surface area contributed by atoms with Crippen LogP contribution in [0.4, 0.5) is 4.39 Å². The van der Waals surface area contributed by atoms with Crippen molar-refractivity contribution in [1.29, 1.82) is 0 Å². The molecule has 0 amide bonds. The molecule has 2 radical (unpaired) electrons. The van der Waals surface area contributed by atoms with Crippen LogP contribution in [-0.2, 0) is 6.61 Å². The zero-order valence-electron chi connectivity index (χ0n) is 7.54. The van der Waals surface area contributed by atoms with Gasteiger partial charge in [-0.15, -0.1) is 0 Å². The molecule has 0 saturated carbocycles. The van der Waals surface area contributed by atoms with Crippen molar-refractivity contribution >= 4 is 43.7 Å². The first kappa shape index (κ1) is 10.9. The average Bonchev–Trinajstić information content (AvgIpc) is 2.23. The van der Waals surface area contributed by atoms with Crippen molar-refractivity contribution in [2.45, 2.75) is 6.61 Å². The molecule has 0 aliphatic rings. The number of fused-ring (bicyclic) bond motifs is 1. The third kappa shape index (κ3) is 1.87. The van der Waals surface area contributed by atoms with Crippen LogP contribution in [0.5, 0.6) is 0 Å². The van der Waals surface area contributed by atoms with E-state index in [4.69, 9.17) is 16.7 Å². The van der Waals surface area contributed by atoms with Gasteiger partial charge in [-0.25, -0.2) is 0 Å². The number of aromatic nitrogens is 1. The normalized spacial score (nSPS) is 10.9. The van der Waals surface area contributed by atoms with E-state index in [-0.39, 0.29) is 17.2 Å². The van der Waals surface area contributed by atoms with E-state index in [1.54, 1.807) is 12.1 Å². The Balaban J connectivity index is 2.84. The van der Waals surface area contributed by atoms with Crippen molar-refractivity contribution in [1.82, 2.24) is 4.98 Å².